The third kappa shape index (κ3) is 4.71. The first-order valence-corrected chi connectivity index (χ1v) is 9.01. The van der Waals surface area contributed by atoms with E-state index in [2.05, 4.69) is 25.8 Å². The Morgan fingerprint density at radius 1 is 1.07 bits per heavy atom. The third-order valence-corrected chi connectivity index (χ3v) is 4.19. The molecule has 1 saturated heterocycles. The van der Waals surface area contributed by atoms with Crippen molar-refractivity contribution in [3.8, 4) is 11.5 Å². The van der Waals surface area contributed by atoms with Crippen LogP contribution in [0.25, 0.3) is 0 Å². The molecule has 0 saturated carbocycles. The summed E-state index contributed by atoms with van der Waals surface area (Å²) in [6, 6.07) is 17.3. The summed E-state index contributed by atoms with van der Waals surface area (Å²) in [4.78, 5) is 4.47. The zero-order chi connectivity index (χ0) is 18.3. The summed E-state index contributed by atoms with van der Waals surface area (Å²) in [6.45, 7) is 1.50. The van der Waals surface area contributed by atoms with E-state index in [0.717, 1.165) is 30.9 Å². The van der Waals surface area contributed by atoms with E-state index in [1.54, 1.807) is 6.20 Å². The Bertz CT molecular complexity index is 869. The minimum atomic E-state index is 0.213. The zero-order valence-electron chi connectivity index (χ0n) is 14.8. The predicted molar refractivity (Wildman–Crippen MR) is 104 cm³/mol. The van der Waals surface area contributed by atoms with Gasteiger partial charge in [-0.2, -0.15) is 10.1 Å². The van der Waals surface area contributed by atoms with Crippen LogP contribution >= 0.6 is 0 Å². The SMILES string of the molecule is c1ccc(Oc2ccccc2Nc2cnnc(NCC3CCCO3)n2)cc1. The highest BCUT2D eigenvalue weighted by Crippen LogP contribution is 2.30. The van der Waals surface area contributed by atoms with Crippen LogP contribution in [0.1, 0.15) is 12.8 Å². The number of ether oxygens (including phenoxy) is 2. The van der Waals surface area contributed by atoms with Crippen LogP contribution in [0.4, 0.5) is 17.5 Å². The fourth-order valence-corrected chi connectivity index (χ4v) is 2.86. The Hall–Kier alpha value is -3.19. The number of anilines is 3. The lowest BCUT2D eigenvalue weighted by Gasteiger charge is -2.13. The lowest BCUT2D eigenvalue weighted by molar-refractivity contribution is 0.120. The Balaban J connectivity index is 1.45. The van der Waals surface area contributed by atoms with Crippen molar-refractivity contribution in [2.75, 3.05) is 23.8 Å². The number of aromatic nitrogens is 3. The molecule has 138 valence electrons. The van der Waals surface area contributed by atoms with E-state index in [-0.39, 0.29) is 6.10 Å². The van der Waals surface area contributed by atoms with Crippen molar-refractivity contribution in [3.63, 3.8) is 0 Å². The largest absolute Gasteiger partial charge is 0.455 e. The fourth-order valence-electron chi connectivity index (χ4n) is 2.86. The molecule has 1 fully saturated rings. The summed E-state index contributed by atoms with van der Waals surface area (Å²) in [5, 5.41) is 14.5. The molecule has 2 N–H and O–H groups in total. The van der Waals surface area contributed by atoms with Crippen molar-refractivity contribution in [3.05, 3.63) is 60.8 Å². The van der Waals surface area contributed by atoms with Gasteiger partial charge in [-0.05, 0) is 37.1 Å². The molecule has 2 heterocycles. The summed E-state index contributed by atoms with van der Waals surface area (Å²) in [6.07, 6.45) is 3.95. The van der Waals surface area contributed by atoms with Gasteiger partial charge in [-0.25, -0.2) is 0 Å². The number of nitrogens with zero attached hydrogens (tertiary/aromatic N) is 3. The molecule has 1 aliphatic rings. The van der Waals surface area contributed by atoms with Gasteiger partial charge in [0.1, 0.15) is 5.75 Å². The van der Waals surface area contributed by atoms with Gasteiger partial charge in [0.15, 0.2) is 11.6 Å². The molecule has 4 rings (SSSR count). The summed E-state index contributed by atoms with van der Waals surface area (Å²) in [7, 11) is 0. The average molecular weight is 363 g/mol. The van der Waals surface area contributed by atoms with Gasteiger partial charge in [-0.15, -0.1) is 5.10 Å². The van der Waals surface area contributed by atoms with Crippen LogP contribution in [0.2, 0.25) is 0 Å². The quantitative estimate of drug-likeness (QED) is 0.656. The smallest absolute Gasteiger partial charge is 0.244 e. The molecule has 1 atom stereocenters. The van der Waals surface area contributed by atoms with Crippen molar-refractivity contribution >= 4 is 17.5 Å². The summed E-state index contributed by atoms with van der Waals surface area (Å²) < 4.78 is 11.6. The molecule has 1 unspecified atom stereocenters. The second kappa shape index (κ2) is 8.46. The second-order valence-electron chi connectivity index (χ2n) is 6.22. The normalized spacial score (nSPS) is 16.1. The molecule has 0 bridgehead atoms. The van der Waals surface area contributed by atoms with E-state index in [0.29, 0.717) is 24.1 Å². The monoisotopic (exact) mass is 363 g/mol. The molecule has 3 aromatic rings. The van der Waals surface area contributed by atoms with Gasteiger partial charge in [0.25, 0.3) is 0 Å². The van der Waals surface area contributed by atoms with Crippen molar-refractivity contribution in [2.24, 2.45) is 0 Å². The molecule has 0 aliphatic carbocycles. The van der Waals surface area contributed by atoms with Gasteiger partial charge >= 0.3 is 0 Å². The maximum absolute atomic E-state index is 5.97. The number of hydrogen-bond donors (Lipinski definition) is 2. The lowest BCUT2D eigenvalue weighted by atomic mass is 10.2. The van der Waals surface area contributed by atoms with E-state index in [1.165, 1.54) is 0 Å². The van der Waals surface area contributed by atoms with E-state index in [1.807, 2.05) is 54.6 Å². The van der Waals surface area contributed by atoms with Crippen LogP contribution in [0, 0.1) is 0 Å². The van der Waals surface area contributed by atoms with Crippen molar-refractivity contribution < 1.29 is 9.47 Å². The van der Waals surface area contributed by atoms with Crippen LogP contribution in [-0.2, 0) is 4.74 Å². The Kier molecular flexibility index (Phi) is 5.40. The number of para-hydroxylation sites is 3. The average Bonchev–Trinajstić information content (AvgIpc) is 3.23. The van der Waals surface area contributed by atoms with Crippen LogP contribution in [0.15, 0.2) is 60.8 Å². The molecular formula is C20H21N5O2. The summed E-state index contributed by atoms with van der Waals surface area (Å²) in [5.74, 6) is 2.53. The van der Waals surface area contributed by atoms with Gasteiger partial charge < -0.3 is 20.1 Å². The van der Waals surface area contributed by atoms with Crippen LogP contribution in [-0.4, -0.2) is 34.4 Å². The molecule has 0 spiro atoms. The maximum atomic E-state index is 5.97. The topological polar surface area (TPSA) is 81.2 Å². The van der Waals surface area contributed by atoms with Crippen LogP contribution < -0.4 is 15.4 Å². The van der Waals surface area contributed by atoms with E-state index >= 15 is 0 Å². The van der Waals surface area contributed by atoms with Crippen molar-refractivity contribution in [1.29, 1.82) is 0 Å². The van der Waals surface area contributed by atoms with Gasteiger partial charge in [0.2, 0.25) is 5.95 Å². The van der Waals surface area contributed by atoms with Crippen molar-refractivity contribution in [2.45, 2.75) is 18.9 Å². The Morgan fingerprint density at radius 2 is 1.93 bits per heavy atom. The summed E-state index contributed by atoms with van der Waals surface area (Å²) >= 11 is 0. The molecule has 2 aromatic carbocycles. The van der Waals surface area contributed by atoms with Gasteiger partial charge in [0, 0.05) is 13.2 Å². The first-order chi connectivity index (χ1) is 13.4. The third-order valence-electron chi connectivity index (χ3n) is 4.19. The molecular weight excluding hydrogens is 342 g/mol. The Morgan fingerprint density at radius 3 is 2.78 bits per heavy atom. The first-order valence-electron chi connectivity index (χ1n) is 9.01. The highest BCUT2D eigenvalue weighted by atomic mass is 16.5. The van der Waals surface area contributed by atoms with E-state index in [4.69, 9.17) is 9.47 Å². The standard InChI is InChI=1S/C20H21N5O2/c1-2-7-15(8-3-1)27-18-11-5-4-10-17(18)23-19-14-22-25-20(24-19)21-13-16-9-6-12-26-16/h1-5,7-8,10-11,14,16H,6,9,12-13H2,(H2,21,23,24,25). The lowest BCUT2D eigenvalue weighted by Crippen LogP contribution is -2.20. The predicted octanol–water partition coefficient (Wildman–Crippen LogP) is 4.00. The van der Waals surface area contributed by atoms with Gasteiger partial charge in [-0.3, -0.25) is 0 Å². The minimum Gasteiger partial charge on any atom is -0.455 e. The highest BCUT2D eigenvalue weighted by molar-refractivity contribution is 5.64. The Labute approximate surface area is 157 Å². The summed E-state index contributed by atoms with van der Waals surface area (Å²) in [5.41, 5.74) is 0.798. The molecule has 1 aliphatic heterocycles. The number of hydrogen-bond acceptors (Lipinski definition) is 7. The minimum absolute atomic E-state index is 0.213. The van der Waals surface area contributed by atoms with Crippen LogP contribution in [0.5, 0.6) is 11.5 Å². The van der Waals surface area contributed by atoms with Gasteiger partial charge in [0.05, 0.1) is 18.0 Å². The molecule has 27 heavy (non-hydrogen) atoms. The van der Waals surface area contributed by atoms with E-state index in [9.17, 15) is 0 Å². The van der Waals surface area contributed by atoms with Crippen LogP contribution in [0.3, 0.4) is 0 Å². The highest BCUT2D eigenvalue weighted by Gasteiger charge is 2.15. The fraction of sp³-hybridized carbons (Fsp3) is 0.250. The number of nitrogens with one attached hydrogen (secondary N) is 2. The number of rotatable bonds is 7. The zero-order valence-corrected chi connectivity index (χ0v) is 14.8. The number of benzene rings is 2. The first kappa shape index (κ1) is 17.2. The van der Waals surface area contributed by atoms with Crippen molar-refractivity contribution in [1.82, 2.24) is 15.2 Å². The molecule has 0 amide bonds. The molecule has 0 radical (unpaired) electrons. The second-order valence-corrected chi connectivity index (χ2v) is 6.22. The van der Waals surface area contributed by atoms with E-state index < -0.39 is 0 Å². The maximum Gasteiger partial charge on any atom is 0.244 e. The van der Waals surface area contributed by atoms with Gasteiger partial charge in [-0.1, -0.05) is 30.3 Å². The molecule has 7 nitrogen and oxygen atoms in total. The molecule has 1 aromatic heterocycles. The molecule has 7 heteroatoms.